The van der Waals surface area contributed by atoms with Gasteiger partial charge in [-0.1, -0.05) is 55.8 Å². The molecule has 232 valence electrons. The molecule has 3 amide bonds. The Labute approximate surface area is 247 Å². The van der Waals surface area contributed by atoms with Crippen LogP contribution >= 0.6 is 19.2 Å². The summed E-state index contributed by atoms with van der Waals surface area (Å²) in [5.41, 5.74) is 1.01. The third-order valence-electron chi connectivity index (χ3n) is 7.28. The van der Waals surface area contributed by atoms with Crippen LogP contribution < -0.4 is 10.6 Å². The second-order valence-corrected chi connectivity index (χ2v) is 12.9. The lowest BCUT2D eigenvalue weighted by atomic mass is 9.84. The average molecular weight is 618 g/mol. The van der Waals surface area contributed by atoms with Crippen molar-refractivity contribution in [3.8, 4) is 0 Å². The van der Waals surface area contributed by atoms with Crippen molar-refractivity contribution in [2.24, 2.45) is 5.92 Å². The zero-order valence-electron chi connectivity index (χ0n) is 24.2. The first-order chi connectivity index (χ1) is 19.5. The fourth-order valence-corrected chi connectivity index (χ4v) is 6.92. The zero-order chi connectivity index (χ0) is 30.4. The lowest BCUT2D eigenvalue weighted by molar-refractivity contribution is -0.131. The van der Waals surface area contributed by atoms with E-state index < -0.39 is 37.5 Å². The van der Waals surface area contributed by atoms with E-state index in [1.807, 2.05) is 12.1 Å². The van der Waals surface area contributed by atoms with E-state index in [0.717, 1.165) is 37.7 Å². The van der Waals surface area contributed by atoms with Gasteiger partial charge in [-0.25, -0.2) is 4.79 Å². The maximum atomic E-state index is 13.4. The van der Waals surface area contributed by atoms with Gasteiger partial charge in [0.15, 0.2) is 5.85 Å². The number of rotatable bonds is 17. The smallest absolute Gasteiger partial charge is 0.405 e. The highest BCUT2D eigenvalue weighted by molar-refractivity contribution is 7.54. The second-order valence-electron chi connectivity index (χ2n) is 10.4. The van der Waals surface area contributed by atoms with Crippen LogP contribution in [0.5, 0.6) is 0 Å². The first-order valence-electron chi connectivity index (χ1n) is 14.3. The molecule has 0 bridgehead atoms. The van der Waals surface area contributed by atoms with Crippen LogP contribution in [-0.2, 0) is 29.6 Å². The van der Waals surface area contributed by atoms with E-state index in [9.17, 15) is 29.2 Å². The minimum atomic E-state index is -4.09. The molecule has 1 unspecified atom stereocenters. The summed E-state index contributed by atoms with van der Waals surface area (Å²) < 4.78 is 24.0. The van der Waals surface area contributed by atoms with E-state index in [1.54, 1.807) is 37.9 Å². The molecule has 4 N–H and O–H groups in total. The number of aliphatic hydroxyl groups excluding tert-OH is 1. The van der Waals surface area contributed by atoms with E-state index in [1.165, 1.54) is 0 Å². The van der Waals surface area contributed by atoms with E-state index >= 15 is 0 Å². The normalized spacial score (nSPS) is 16.4. The topological polar surface area (TPSA) is 154 Å². The molecular formula is C28H45ClN3O8P. The standard InChI is InChI=1S/C28H45ClN3O8P/c1-4-39-41(38,40-5-2)27(35)23(15-16-25(33)32(3)18-17-20-11-13-22(29)14-12-20)30-26(34)24(31-28(36)37)19-21-9-7-6-8-10-21/h11-14,21,23-24,27,31,35H,4-10,15-19H2,1-3H3,(H,30,34)(H,36,37)/t23-,24-,27?/m0/s1. The van der Waals surface area contributed by atoms with Crippen molar-refractivity contribution in [1.29, 1.82) is 0 Å². The lowest BCUT2D eigenvalue weighted by Crippen LogP contribution is -2.53. The molecule has 1 aromatic rings. The molecule has 1 aliphatic rings. The van der Waals surface area contributed by atoms with Gasteiger partial charge in [0.05, 0.1) is 19.3 Å². The molecular weight excluding hydrogens is 573 g/mol. The number of nitrogens with zero attached hydrogens (tertiary/aromatic N) is 1. The SMILES string of the molecule is CCOP(=O)(OCC)C(O)[C@H](CCC(=O)N(C)CCc1ccc(Cl)cc1)NC(=O)[C@H](CC1CCCCC1)NC(=O)O. The molecule has 0 heterocycles. The Morgan fingerprint density at radius 3 is 2.24 bits per heavy atom. The minimum absolute atomic E-state index is 0.00769. The predicted octanol–water partition coefficient (Wildman–Crippen LogP) is 4.80. The molecule has 0 aromatic heterocycles. The number of nitrogens with one attached hydrogen (secondary N) is 2. The van der Waals surface area contributed by atoms with Gasteiger partial charge >= 0.3 is 13.7 Å². The second kappa shape index (κ2) is 17.7. The van der Waals surface area contributed by atoms with Gasteiger partial charge in [0.1, 0.15) is 6.04 Å². The van der Waals surface area contributed by atoms with Crippen LogP contribution in [0.1, 0.15) is 70.8 Å². The maximum Gasteiger partial charge on any atom is 0.405 e. The van der Waals surface area contributed by atoms with Crippen LogP contribution in [-0.4, -0.2) is 77.8 Å². The highest BCUT2D eigenvalue weighted by Crippen LogP contribution is 2.53. The van der Waals surface area contributed by atoms with Gasteiger partial charge in [0.25, 0.3) is 0 Å². The first-order valence-corrected chi connectivity index (χ1v) is 16.3. The third kappa shape index (κ3) is 11.9. The number of aliphatic hydroxyl groups is 1. The van der Waals surface area contributed by atoms with Crippen LogP contribution in [0.3, 0.4) is 0 Å². The minimum Gasteiger partial charge on any atom is -0.465 e. The van der Waals surface area contributed by atoms with E-state index in [-0.39, 0.29) is 37.9 Å². The fourth-order valence-electron chi connectivity index (χ4n) is 5.03. The summed E-state index contributed by atoms with van der Waals surface area (Å²) in [5, 5.41) is 26.1. The van der Waals surface area contributed by atoms with Crippen LogP contribution in [0.4, 0.5) is 4.79 Å². The fraction of sp³-hybridized carbons (Fsp3) is 0.679. The van der Waals surface area contributed by atoms with Gasteiger partial charge in [0, 0.05) is 25.0 Å². The summed E-state index contributed by atoms with van der Waals surface area (Å²) in [7, 11) is -2.43. The Kier molecular flexibility index (Phi) is 15.1. The summed E-state index contributed by atoms with van der Waals surface area (Å²) in [4.78, 5) is 39.3. The summed E-state index contributed by atoms with van der Waals surface area (Å²) >= 11 is 5.94. The molecule has 0 saturated heterocycles. The zero-order valence-corrected chi connectivity index (χ0v) is 25.9. The van der Waals surface area contributed by atoms with Gasteiger partial charge in [-0.05, 0) is 56.7 Å². The van der Waals surface area contributed by atoms with Gasteiger partial charge in [-0.2, -0.15) is 0 Å². The molecule has 1 fully saturated rings. The Bertz CT molecular complexity index is 1010. The van der Waals surface area contributed by atoms with Gasteiger partial charge in [-0.3, -0.25) is 14.2 Å². The van der Waals surface area contributed by atoms with E-state index in [0.29, 0.717) is 24.4 Å². The average Bonchev–Trinajstić information content (AvgIpc) is 2.94. The van der Waals surface area contributed by atoms with Crippen molar-refractivity contribution in [1.82, 2.24) is 15.5 Å². The highest BCUT2D eigenvalue weighted by atomic mass is 35.5. The summed E-state index contributed by atoms with van der Waals surface area (Å²) in [6, 6.07) is 5.07. The molecule has 2 rings (SSSR count). The number of hydrogen-bond donors (Lipinski definition) is 4. The highest BCUT2D eigenvalue weighted by Gasteiger charge is 2.41. The van der Waals surface area contributed by atoms with Crippen LogP contribution in [0.2, 0.25) is 5.02 Å². The number of benzene rings is 1. The van der Waals surface area contributed by atoms with E-state index in [4.69, 9.17) is 20.6 Å². The molecule has 3 atom stereocenters. The van der Waals surface area contributed by atoms with E-state index in [2.05, 4.69) is 10.6 Å². The number of carboxylic acid groups (broad SMARTS) is 1. The largest absolute Gasteiger partial charge is 0.465 e. The Balaban J connectivity index is 2.15. The van der Waals surface area contributed by atoms with Crippen molar-refractivity contribution in [3.63, 3.8) is 0 Å². The Morgan fingerprint density at radius 1 is 1.07 bits per heavy atom. The number of carbonyl (C=O) groups is 3. The van der Waals surface area contributed by atoms with Crippen molar-refractivity contribution in [2.45, 2.75) is 89.6 Å². The first kappa shape index (κ1) is 35.0. The molecule has 1 aliphatic carbocycles. The van der Waals surface area contributed by atoms with Crippen molar-refractivity contribution >= 4 is 37.1 Å². The van der Waals surface area contributed by atoms with Gasteiger partial charge in [-0.15, -0.1) is 0 Å². The van der Waals surface area contributed by atoms with Gasteiger partial charge in [0.2, 0.25) is 11.8 Å². The van der Waals surface area contributed by atoms with Crippen molar-refractivity contribution < 1.29 is 38.2 Å². The molecule has 0 aliphatic heterocycles. The molecule has 1 aromatic carbocycles. The van der Waals surface area contributed by atoms with Crippen LogP contribution in [0, 0.1) is 5.92 Å². The molecule has 41 heavy (non-hydrogen) atoms. The molecule has 0 spiro atoms. The number of carbonyl (C=O) groups excluding carboxylic acids is 2. The summed E-state index contributed by atoms with van der Waals surface area (Å²) in [6.07, 6.45) is 4.39. The molecule has 13 heteroatoms. The number of likely N-dealkylation sites (N-methyl/N-ethyl adjacent to an activating group) is 1. The summed E-state index contributed by atoms with van der Waals surface area (Å²) in [5.74, 6) is -2.48. The number of hydrogen-bond acceptors (Lipinski definition) is 7. The van der Waals surface area contributed by atoms with Gasteiger partial charge < -0.3 is 34.8 Å². The quantitative estimate of drug-likeness (QED) is 0.182. The Morgan fingerprint density at radius 2 is 1.68 bits per heavy atom. The van der Waals surface area contributed by atoms with Crippen LogP contribution in [0.25, 0.3) is 0 Å². The monoisotopic (exact) mass is 617 g/mol. The molecule has 1 saturated carbocycles. The Hall–Kier alpha value is -2.17. The number of halogens is 1. The molecule has 0 radical (unpaired) electrons. The molecule has 11 nitrogen and oxygen atoms in total. The van der Waals surface area contributed by atoms with Crippen molar-refractivity contribution in [3.05, 3.63) is 34.9 Å². The maximum absolute atomic E-state index is 13.4. The summed E-state index contributed by atoms with van der Waals surface area (Å²) in [6.45, 7) is 3.62. The van der Waals surface area contributed by atoms with Crippen molar-refractivity contribution in [2.75, 3.05) is 26.8 Å². The van der Waals surface area contributed by atoms with Crippen LogP contribution in [0.15, 0.2) is 24.3 Å². The lowest BCUT2D eigenvalue weighted by Gasteiger charge is -2.32. The third-order valence-corrected chi connectivity index (χ3v) is 9.78. The predicted molar refractivity (Wildman–Crippen MR) is 157 cm³/mol. The number of amides is 3.